The number of amides is 1. The highest BCUT2D eigenvalue weighted by Gasteiger charge is 2.33. The van der Waals surface area contributed by atoms with E-state index in [0.29, 0.717) is 27.6 Å². The molecule has 0 aliphatic carbocycles. The van der Waals surface area contributed by atoms with Gasteiger partial charge in [-0.05, 0) is 36.4 Å². The van der Waals surface area contributed by atoms with E-state index in [1.54, 1.807) is 12.1 Å². The van der Waals surface area contributed by atoms with Crippen molar-refractivity contribution in [3.8, 4) is 17.1 Å². The molecule has 42 heavy (non-hydrogen) atoms. The maximum Gasteiger partial charge on any atom is 0.280 e. The Kier molecular flexibility index (Phi) is 13.6. The van der Waals surface area contributed by atoms with Crippen LogP contribution in [-0.4, -0.2) is 27.5 Å². The molecular formula is C36H47ClN2O2S. The molecule has 0 fully saturated rings. The summed E-state index contributed by atoms with van der Waals surface area (Å²) in [4.78, 5) is 21.3. The smallest absolute Gasteiger partial charge is 0.280 e. The zero-order valence-corrected chi connectivity index (χ0v) is 26.8. The molecule has 0 unspecified atom stereocenters. The summed E-state index contributed by atoms with van der Waals surface area (Å²) >= 11 is 8.02. The van der Waals surface area contributed by atoms with Crippen molar-refractivity contribution in [2.45, 2.75) is 115 Å². The first kappa shape index (κ1) is 32.4. The lowest BCUT2D eigenvalue weighted by Gasteiger charge is -2.05. The molecule has 2 N–H and O–H groups in total. The van der Waals surface area contributed by atoms with Crippen molar-refractivity contribution in [1.82, 2.24) is 4.98 Å². The number of benzene rings is 2. The number of aromatic nitrogens is 1. The van der Waals surface area contributed by atoms with E-state index in [-0.39, 0.29) is 11.8 Å². The van der Waals surface area contributed by atoms with Gasteiger partial charge in [0.1, 0.15) is 0 Å². The summed E-state index contributed by atoms with van der Waals surface area (Å²) in [7, 11) is 0. The van der Waals surface area contributed by atoms with E-state index in [1.165, 1.54) is 108 Å². The Bertz CT molecular complexity index is 1300. The standard InChI is InChI=1S/C36H47ClN2O2S/c1-2-3-4-5-6-7-8-9-10-11-12-13-14-15-16-17-25-42-30-23-21-27(22-24-30)33-31-32(36(41)38-33)34(39-35(31)40)28-19-18-20-29(37)26-28/h18-24,26,39-40H,2-17,25H2,1H3. The number of fused-ring (bicyclic) bond motifs is 1. The molecule has 2 aromatic carbocycles. The summed E-state index contributed by atoms with van der Waals surface area (Å²) in [6.45, 7) is 2.28. The van der Waals surface area contributed by atoms with Crippen molar-refractivity contribution in [3.05, 3.63) is 70.2 Å². The fourth-order valence-electron chi connectivity index (χ4n) is 5.76. The number of H-pyrrole nitrogens is 1. The second-order valence-electron chi connectivity index (χ2n) is 11.6. The van der Waals surface area contributed by atoms with Gasteiger partial charge in [-0.25, -0.2) is 4.99 Å². The monoisotopic (exact) mass is 606 g/mol. The molecular weight excluding hydrogens is 560 g/mol. The maximum atomic E-state index is 12.8. The van der Waals surface area contributed by atoms with Crippen LogP contribution >= 0.6 is 23.4 Å². The lowest BCUT2D eigenvalue weighted by Crippen LogP contribution is -1.99. The van der Waals surface area contributed by atoms with Crippen LogP contribution in [0.25, 0.3) is 11.3 Å². The summed E-state index contributed by atoms with van der Waals surface area (Å²) in [6, 6.07) is 15.4. The van der Waals surface area contributed by atoms with Crippen LogP contribution in [-0.2, 0) is 0 Å². The largest absolute Gasteiger partial charge is 0.494 e. The van der Waals surface area contributed by atoms with Crippen LogP contribution in [0, 0.1) is 0 Å². The zero-order valence-electron chi connectivity index (χ0n) is 25.2. The minimum absolute atomic E-state index is 0.0495. The first-order valence-corrected chi connectivity index (χ1v) is 17.5. The van der Waals surface area contributed by atoms with E-state index in [2.05, 4.69) is 29.0 Å². The van der Waals surface area contributed by atoms with Crippen LogP contribution in [0.5, 0.6) is 5.88 Å². The van der Waals surface area contributed by atoms with Gasteiger partial charge in [0.2, 0.25) is 0 Å². The van der Waals surface area contributed by atoms with Gasteiger partial charge in [0.15, 0.2) is 5.88 Å². The topological polar surface area (TPSA) is 65.5 Å². The number of hydrogen-bond donors (Lipinski definition) is 2. The molecule has 1 amide bonds. The third-order valence-corrected chi connectivity index (χ3v) is 9.49. The van der Waals surface area contributed by atoms with Crippen molar-refractivity contribution in [2.24, 2.45) is 4.99 Å². The Morgan fingerprint density at radius 3 is 1.88 bits per heavy atom. The molecule has 2 heterocycles. The normalized spacial score (nSPS) is 12.6. The van der Waals surface area contributed by atoms with Gasteiger partial charge in [0.05, 0.1) is 22.5 Å². The number of aromatic hydroxyl groups is 1. The van der Waals surface area contributed by atoms with Gasteiger partial charge in [-0.15, -0.1) is 11.8 Å². The maximum absolute atomic E-state index is 12.8. The average Bonchev–Trinajstić information content (AvgIpc) is 3.52. The number of rotatable bonds is 20. The molecule has 1 aliphatic rings. The van der Waals surface area contributed by atoms with Crippen molar-refractivity contribution in [1.29, 1.82) is 0 Å². The number of hydrogen-bond acceptors (Lipinski definition) is 3. The molecule has 0 saturated heterocycles. The number of thioether (sulfide) groups is 1. The molecule has 0 atom stereocenters. The molecule has 3 aromatic rings. The molecule has 1 aliphatic heterocycles. The van der Waals surface area contributed by atoms with Gasteiger partial charge >= 0.3 is 0 Å². The van der Waals surface area contributed by atoms with E-state index in [4.69, 9.17) is 11.6 Å². The number of aromatic amines is 1. The van der Waals surface area contributed by atoms with Crippen LogP contribution in [0.2, 0.25) is 5.02 Å². The van der Waals surface area contributed by atoms with Gasteiger partial charge < -0.3 is 10.1 Å². The van der Waals surface area contributed by atoms with Gasteiger partial charge in [-0.3, -0.25) is 4.79 Å². The third kappa shape index (κ3) is 9.50. The molecule has 4 nitrogen and oxygen atoms in total. The number of carbonyl (C=O) groups is 1. The minimum Gasteiger partial charge on any atom is -0.494 e. The van der Waals surface area contributed by atoms with Crippen LogP contribution in [0.3, 0.4) is 0 Å². The Balaban J connectivity index is 1.10. The molecule has 0 bridgehead atoms. The second kappa shape index (κ2) is 17.6. The van der Waals surface area contributed by atoms with E-state index in [0.717, 1.165) is 16.9 Å². The summed E-state index contributed by atoms with van der Waals surface area (Å²) in [5, 5.41) is 11.2. The number of carbonyl (C=O) groups excluding carboxylic acids is 1. The van der Waals surface area contributed by atoms with Gasteiger partial charge in [0.25, 0.3) is 5.91 Å². The summed E-state index contributed by atoms with van der Waals surface area (Å²) in [6.07, 6.45) is 22.2. The molecule has 4 rings (SSSR count). The van der Waals surface area contributed by atoms with Crippen LogP contribution in [0.1, 0.15) is 131 Å². The highest BCUT2D eigenvalue weighted by molar-refractivity contribution is 7.99. The zero-order chi connectivity index (χ0) is 29.6. The van der Waals surface area contributed by atoms with Gasteiger partial charge in [-0.1, -0.05) is 139 Å². The molecule has 0 radical (unpaired) electrons. The van der Waals surface area contributed by atoms with E-state index >= 15 is 0 Å². The number of nitrogens with zero attached hydrogens (tertiary/aromatic N) is 1. The Morgan fingerprint density at radius 1 is 0.738 bits per heavy atom. The van der Waals surface area contributed by atoms with Crippen molar-refractivity contribution >= 4 is 35.0 Å². The molecule has 0 saturated carbocycles. The second-order valence-corrected chi connectivity index (χ2v) is 13.2. The van der Waals surface area contributed by atoms with Crippen LogP contribution < -0.4 is 0 Å². The Hall–Kier alpha value is -2.50. The van der Waals surface area contributed by atoms with E-state index in [1.807, 2.05) is 36.0 Å². The first-order valence-electron chi connectivity index (χ1n) is 16.2. The summed E-state index contributed by atoms with van der Waals surface area (Å²) < 4.78 is 0. The van der Waals surface area contributed by atoms with Crippen molar-refractivity contribution in [2.75, 3.05) is 5.75 Å². The van der Waals surface area contributed by atoms with Crippen molar-refractivity contribution < 1.29 is 9.90 Å². The molecule has 6 heteroatoms. The van der Waals surface area contributed by atoms with Crippen LogP contribution in [0.15, 0.2) is 58.4 Å². The van der Waals surface area contributed by atoms with Gasteiger partial charge in [-0.2, -0.15) is 0 Å². The molecule has 0 spiro atoms. The quantitative estimate of drug-likeness (QED) is 0.0992. The van der Waals surface area contributed by atoms with E-state index in [9.17, 15) is 9.90 Å². The highest BCUT2D eigenvalue weighted by Crippen LogP contribution is 2.38. The predicted molar refractivity (Wildman–Crippen MR) is 180 cm³/mol. The van der Waals surface area contributed by atoms with Gasteiger partial charge in [0, 0.05) is 21.0 Å². The SMILES string of the molecule is CCCCCCCCCCCCCCCCCCSc1ccc(C2=NC(=O)c3c(-c4cccc(Cl)c4)[nH]c(O)c32)cc1. The summed E-state index contributed by atoms with van der Waals surface area (Å²) in [5.74, 6) is 0.711. The first-order chi connectivity index (χ1) is 20.6. The molecule has 1 aromatic heterocycles. The average molecular weight is 607 g/mol. The molecule has 226 valence electrons. The third-order valence-electron chi connectivity index (χ3n) is 8.15. The van der Waals surface area contributed by atoms with Crippen molar-refractivity contribution in [3.63, 3.8) is 0 Å². The van der Waals surface area contributed by atoms with Crippen LogP contribution in [0.4, 0.5) is 0 Å². The number of unbranched alkanes of at least 4 members (excludes halogenated alkanes) is 15. The summed E-state index contributed by atoms with van der Waals surface area (Å²) in [5.41, 5.74) is 3.46. The Morgan fingerprint density at radius 2 is 1.31 bits per heavy atom. The lowest BCUT2D eigenvalue weighted by atomic mass is 10.0. The number of aliphatic imine (C=N–C) groups is 1. The predicted octanol–water partition coefficient (Wildman–Crippen LogP) is 11.4. The lowest BCUT2D eigenvalue weighted by molar-refractivity contribution is 0.101. The fourth-order valence-corrected chi connectivity index (χ4v) is 6.87. The minimum atomic E-state index is -0.353. The Labute approximate surface area is 261 Å². The number of nitrogens with one attached hydrogen (secondary N) is 1. The van der Waals surface area contributed by atoms with E-state index < -0.39 is 0 Å². The highest BCUT2D eigenvalue weighted by atomic mass is 35.5. The fraction of sp³-hybridized carbons (Fsp3) is 0.500. The number of halogens is 1.